The Morgan fingerprint density at radius 2 is 1.72 bits per heavy atom. The van der Waals surface area contributed by atoms with Crippen LogP contribution in [0.25, 0.3) is 17.2 Å². The van der Waals surface area contributed by atoms with Crippen LogP contribution >= 0.6 is 0 Å². The predicted octanol–water partition coefficient (Wildman–Crippen LogP) is 7.46. The number of carboxylic acids is 1. The molecule has 1 saturated carbocycles. The standard InChI is InChI=1S/C32H29F2N3O2/c1-20-16-26-17-25(27-18-35-36(19-27)32(33)34)11-14-29(26)31(24-5-2-21(3-6-24)4-15-30(38)39)37(20)28-12-9-23(10-13-28)22-7-8-22/h2-6,9-15,17-20,22,31-32H,7-8,16H2,1H3,(H,38,39)/b15-4+/t20-,31-/m0/s1. The zero-order valence-electron chi connectivity index (χ0n) is 21.5. The van der Waals surface area contributed by atoms with Crippen molar-refractivity contribution in [2.45, 2.75) is 50.7 Å². The molecule has 2 atom stereocenters. The molecule has 0 bridgehead atoms. The highest BCUT2D eigenvalue weighted by Crippen LogP contribution is 2.44. The average molecular weight is 526 g/mol. The number of benzene rings is 3. The number of aromatic nitrogens is 2. The van der Waals surface area contributed by atoms with E-state index in [1.807, 2.05) is 18.2 Å². The summed E-state index contributed by atoms with van der Waals surface area (Å²) in [6.45, 7) is -0.454. The fourth-order valence-electron chi connectivity index (χ4n) is 5.68. The van der Waals surface area contributed by atoms with Crippen molar-refractivity contribution in [3.05, 3.63) is 113 Å². The highest BCUT2D eigenvalue weighted by molar-refractivity contribution is 5.85. The van der Waals surface area contributed by atoms with Crippen LogP contribution < -0.4 is 4.90 Å². The number of carbonyl (C=O) groups is 1. The molecule has 0 radical (unpaired) electrons. The number of carboxylic acid groups (broad SMARTS) is 1. The summed E-state index contributed by atoms with van der Waals surface area (Å²) in [5.74, 6) is -0.293. The van der Waals surface area contributed by atoms with Gasteiger partial charge < -0.3 is 10.0 Å². The van der Waals surface area contributed by atoms with E-state index in [1.165, 1.54) is 36.4 Å². The van der Waals surface area contributed by atoms with Crippen LogP contribution in [0.15, 0.2) is 85.2 Å². The molecule has 0 saturated heterocycles. The van der Waals surface area contributed by atoms with Gasteiger partial charge in [-0.15, -0.1) is 0 Å². The molecular weight excluding hydrogens is 496 g/mol. The minimum absolute atomic E-state index is 0.0640. The summed E-state index contributed by atoms with van der Waals surface area (Å²) in [6.07, 6.45) is 8.92. The first-order valence-electron chi connectivity index (χ1n) is 13.2. The Hall–Kier alpha value is -4.26. The molecule has 2 heterocycles. The number of alkyl halides is 2. The highest BCUT2D eigenvalue weighted by Gasteiger charge is 2.34. The maximum atomic E-state index is 13.1. The largest absolute Gasteiger partial charge is 0.478 e. The van der Waals surface area contributed by atoms with Crippen molar-refractivity contribution >= 4 is 17.7 Å². The second-order valence-electron chi connectivity index (χ2n) is 10.5. The SMILES string of the molecule is C[C@H]1Cc2cc(-c3cnn(C(F)F)c3)ccc2[C@H](c2ccc(/C=C/C(=O)O)cc2)N1c1ccc(C2CC2)cc1. The van der Waals surface area contributed by atoms with Crippen LogP contribution in [0.3, 0.4) is 0 Å². The van der Waals surface area contributed by atoms with E-state index in [9.17, 15) is 13.6 Å². The Balaban J connectivity index is 1.41. The maximum Gasteiger partial charge on any atom is 0.333 e. The van der Waals surface area contributed by atoms with Crippen molar-refractivity contribution in [2.24, 2.45) is 0 Å². The number of aliphatic carboxylic acids is 1. The van der Waals surface area contributed by atoms with E-state index in [-0.39, 0.29) is 12.1 Å². The number of nitrogens with zero attached hydrogens (tertiary/aromatic N) is 3. The molecule has 1 fully saturated rings. The van der Waals surface area contributed by atoms with Gasteiger partial charge in [-0.1, -0.05) is 54.6 Å². The molecule has 1 aliphatic heterocycles. The van der Waals surface area contributed by atoms with Gasteiger partial charge in [0.25, 0.3) is 0 Å². The van der Waals surface area contributed by atoms with Gasteiger partial charge in [0.2, 0.25) is 0 Å². The number of fused-ring (bicyclic) bond motifs is 1. The second kappa shape index (κ2) is 10.1. The van der Waals surface area contributed by atoms with Gasteiger partial charge in [-0.05, 0) is 83.7 Å². The van der Waals surface area contributed by atoms with E-state index in [0.29, 0.717) is 16.2 Å². The third kappa shape index (κ3) is 5.09. The Morgan fingerprint density at radius 3 is 2.36 bits per heavy atom. The predicted molar refractivity (Wildman–Crippen MR) is 148 cm³/mol. The van der Waals surface area contributed by atoms with Crippen LogP contribution in [0.4, 0.5) is 14.5 Å². The Morgan fingerprint density at radius 1 is 1.00 bits per heavy atom. The summed E-state index contributed by atoms with van der Waals surface area (Å²) in [4.78, 5) is 13.4. The Kier molecular flexibility index (Phi) is 6.51. The first-order valence-corrected chi connectivity index (χ1v) is 13.2. The van der Waals surface area contributed by atoms with Crippen LogP contribution in [0, 0.1) is 0 Å². The monoisotopic (exact) mass is 525 g/mol. The van der Waals surface area contributed by atoms with Crippen LogP contribution in [0.2, 0.25) is 0 Å². The molecule has 198 valence electrons. The van der Waals surface area contributed by atoms with E-state index in [2.05, 4.69) is 65.5 Å². The minimum atomic E-state index is -2.67. The summed E-state index contributed by atoms with van der Waals surface area (Å²) in [6, 6.07) is 23.2. The lowest BCUT2D eigenvalue weighted by Crippen LogP contribution is -2.42. The fraction of sp³-hybridized carbons (Fsp3) is 0.250. The summed E-state index contributed by atoms with van der Waals surface area (Å²) in [5, 5.41) is 12.8. The quantitative estimate of drug-likeness (QED) is 0.255. The average Bonchev–Trinajstić information content (AvgIpc) is 3.66. The van der Waals surface area contributed by atoms with Crippen molar-refractivity contribution in [3.8, 4) is 11.1 Å². The molecule has 1 aliphatic carbocycles. The summed E-state index contributed by atoms with van der Waals surface area (Å²) >= 11 is 0. The molecule has 2 aliphatic rings. The topological polar surface area (TPSA) is 58.4 Å². The van der Waals surface area contributed by atoms with Gasteiger partial charge in [0.05, 0.1) is 12.2 Å². The lowest BCUT2D eigenvalue weighted by Gasteiger charge is -2.44. The van der Waals surface area contributed by atoms with Crippen molar-refractivity contribution in [2.75, 3.05) is 4.90 Å². The van der Waals surface area contributed by atoms with Gasteiger partial charge in [-0.3, -0.25) is 0 Å². The molecule has 0 amide bonds. The molecule has 39 heavy (non-hydrogen) atoms. The van der Waals surface area contributed by atoms with Gasteiger partial charge in [-0.25, -0.2) is 9.48 Å². The van der Waals surface area contributed by atoms with Gasteiger partial charge in [0.1, 0.15) is 0 Å². The molecule has 6 rings (SSSR count). The van der Waals surface area contributed by atoms with E-state index >= 15 is 0 Å². The zero-order valence-corrected chi connectivity index (χ0v) is 21.5. The van der Waals surface area contributed by atoms with E-state index in [0.717, 1.165) is 40.4 Å². The van der Waals surface area contributed by atoms with Crippen molar-refractivity contribution < 1.29 is 18.7 Å². The Labute approximate surface area is 226 Å². The van der Waals surface area contributed by atoms with Crippen LogP contribution in [0.5, 0.6) is 0 Å². The second-order valence-corrected chi connectivity index (χ2v) is 10.5. The normalized spacial score (nSPS) is 19.0. The van der Waals surface area contributed by atoms with Gasteiger partial charge >= 0.3 is 12.5 Å². The number of halogens is 2. The zero-order chi connectivity index (χ0) is 27.1. The van der Waals surface area contributed by atoms with Crippen molar-refractivity contribution in [3.63, 3.8) is 0 Å². The summed E-state index contributed by atoms with van der Waals surface area (Å²) in [7, 11) is 0. The number of rotatable bonds is 7. The number of hydrogen-bond acceptors (Lipinski definition) is 3. The van der Waals surface area contributed by atoms with Crippen LogP contribution in [-0.2, 0) is 11.2 Å². The van der Waals surface area contributed by atoms with Gasteiger partial charge in [0.15, 0.2) is 0 Å². The third-order valence-electron chi connectivity index (χ3n) is 7.75. The molecule has 5 nitrogen and oxygen atoms in total. The smallest absolute Gasteiger partial charge is 0.333 e. The molecular formula is C32H29F2N3O2. The summed E-state index contributed by atoms with van der Waals surface area (Å²) < 4.78 is 26.9. The van der Waals surface area contributed by atoms with Crippen LogP contribution in [-0.4, -0.2) is 26.9 Å². The van der Waals surface area contributed by atoms with Crippen molar-refractivity contribution in [1.29, 1.82) is 0 Å². The lowest BCUT2D eigenvalue weighted by atomic mass is 9.83. The fourth-order valence-corrected chi connectivity index (χ4v) is 5.68. The maximum absolute atomic E-state index is 13.1. The first-order chi connectivity index (χ1) is 18.9. The van der Waals surface area contributed by atoms with E-state index in [4.69, 9.17) is 5.11 Å². The van der Waals surface area contributed by atoms with Crippen LogP contribution in [0.1, 0.15) is 66.1 Å². The summed E-state index contributed by atoms with van der Waals surface area (Å²) in [5.41, 5.74) is 8.33. The molecule has 0 spiro atoms. The molecule has 4 aromatic rings. The third-order valence-corrected chi connectivity index (χ3v) is 7.75. The van der Waals surface area contributed by atoms with Gasteiger partial charge in [0, 0.05) is 29.6 Å². The van der Waals surface area contributed by atoms with E-state index < -0.39 is 12.5 Å². The highest BCUT2D eigenvalue weighted by atomic mass is 19.3. The Bertz CT molecular complexity index is 1520. The molecule has 7 heteroatoms. The van der Waals surface area contributed by atoms with E-state index in [1.54, 1.807) is 6.08 Å². The lowest BCUT2D eigenvalue weighted by molar-refractivity contribution is -0.131. The van der Waals surface area contributed by atoms with Gasteiger partial charge in [-0.2, -0.15) is 13.9 Å². The molecule has 1 aromatic heterocycles. The first kappa shape index (κ1) is 25.0. The molecule has 0 unspecified atom stereocenters. The molecule has 3 aromatic carbocycles. The minimum Gasteiger partial charge on any atom is -0.478 e. The number of anilines is 1. The van der Waals surface area contributed by atoms with Crippen molar-refractivity contribution in [1.82, 2.24) is 9.78 Å². The number of hydrogen-bond donors (Lipinski definition) is 1. The molecule has 1 N–H and O–H groups in total.